The van der Waals surface area contributed by atoms with Crippen LogP contribution in [-0.2, 0) is 6.61 Å². The Morgan fingerprint density at radius 3 is 2.81 bits per heavy atom. The number of ether oxygens (including phenoxy) is 2. The highest BCUT2D eigenvalue weighted by Gasteiger charge is 2.10. The van der Waals surface area contributed by atoms with E-state index in [0.29, 0.717) is 18.2 Å². The molecule has 0 amide bonds. The molecule has 0 saturated carbocycles. The van der Waals surface area contributed by atoms with Crippen molar-refractivity contribution in [2.75, 3.05) is 7.11 Å². The number of methoxy groups -OCH3 is 1. The Kier molecular flexibility index (Phi) is 3.82. The van der Waals surface area contributed by atoms with Gasteiger partial charge in [-0.15, -0.1) is 10.2 Å². The molecular formula is C16H14N2O3. The molecule has 0 aliphatic rings. The fourth-order valence-corrected chi connectivity index (χ4v) is 1.98. The van der Waals surface area contributed by atoms with Crippen LogP contribution in [0.1, 0.15) is 5.56 Å². The summed E-state index contributed by atoms with van der Waals surface area (Å²) < 4.78 is 16.3. The third-order valence-electron chi connectivity index (χ3n) is 3.01. The van der Waals surface area contributed by atoms with Crippen LogP contribution >= 0.6 is 0 Å². The van der Waals surface area contributed by atoms with Gasteiger partial charge in [0.2, 0.25) is 6.39 Å². The Labute approximate surface area is 122 Å². The lowest BCUT2D eigenvalue weighted by molar-refractivity contribution is 0.305. The molecule has 106 valence electrons. The van der Waals surface area contributed by atoms with Crippen molar-refractivity contribution in [2.24, 2.45) is 0 Å². The molecule has 2 aromatic carbocycles. The van der Waals surface area contributed by atoms with Gasteiger partial charge in [-0.05, 0) is 29.8 Å². The fraction of sp³-hybridized carbons (Fsp3) is 0.125. The SMILES string of the molecule is COc1cccc(COc2ccccc2-c2nnco2)c1. The van der Waals surface area contributed by atoms with E-state index in [4.69, 9.17) is 13.9 Å². The molecule has 0 saturated heterocycles. The first-order valence-electron chi connectivity index (χ1n) is 6.48. The number of nitrogens with zero attached hydrogens (tertiary/aromatic N) is 2. The van der Waals surface area contributed by atoms with Crippen LogP contribution in [0, 0.1) is 0 Å². The first kappa shape index (κ1) is 13.2. The Balaban J connectivity index is 1.79. The van der Waals surface area contributed by atoms with Crippen LogP contribution in [0.15, 0.2) is 59.3 Å². The molecule has 0 atom stereocenters. The van der Waals surface area contributed by atoms with Crippen LogP contribution in [0.5, 0.6) is 11.5 Å². The molecule has 1 heterocycles. The highest BCUT2D eigenvalue weighted by atomic mass is 16.5. The third-order valence-corrected chi connectivity index (χ3v) is 3.01. The van der Waals surface area contributed by atoms with Crippen molar-refractivity contribution in [2.45, 2.75) is 6.61 Å². The fourth-order valence-electron chi connectivity index (χ4n) is 1.98. The zero-order valence-corrected chi connectivity index (χ0v) is 11.5. The van der Waals surface area contributed by atoms with Crippen molar-refractivity contribution in [3.05, 3.63) is 60.5 Å². The van der Waals surface area contributed by atoms with E-state index in [-0.39, 0.29) is 0 Å². The lowest BCUT2D eigenvalue weighted by Crippen LogP contribution is -1.97. The second kappa shape index (κ2) is 6.09. The van der Waals surface area contributed by atoms with Crippen LogP contribution in [0.25, 0.3) is 11.5 Å². The largest absolute Gasteiger partial charge is 0.497 e. The van der Waals surface area contributed by atoms with Crippen molar-refractivity contribution in [3.63, 3.8) is 0 Å². The Hall–Kier alpha value is -2.82. The minimum Gasteiger partial charge on any atom is -0.497 e. The van der Waals surface area contributed by atoms with Crippen molar-refractivity contribution < 1.29 is 13.9 Å². The average molecular weight is 282 g/mol. The Morgan fingerprint density at radius 1 is 1.10 bits per heavy atom. The molecular weight excluding hydrogens is 268 g/mol. The van der Waals surface area contributed by atoms with Gasteiger partial charge in [0.05, 0.1) is 12.7 Å². The Morgan fingerprint density at radius 2 is 2.00 bits per heavy atom. The molecule has 0 aliphatic carbocycles. The second-order valence-electron chi connectivity index (χ2n) is 4.38. The van der Waals surface area contributed by atoms with E-state index in [9.17, 15) is 0 Å². The predicted molar refractivity (Wildman–Crippen MR) is 77.1 cm³/mol. The van der Waals surface area contributed by atoms with Gasteiger partial charge < -0.3 is 13.9 Å². The molecule has 5 nitrogen and oxygen atoms in total. The zero-order chi connectivity index (χ0) is 14.5. The third kappa shape index (κ3) is 3.02. The summed E-state index contributed by atoms with van der Waals surface area (Å²) in [5, 5.41) is 7.60. The maximum absolute atomic E-state index is 5.86. The molecule has 0 N–H and O–H groups in total. The molecule has 0 aliphatic heterocycles. The minimum atomic E-state index is 0.433. The zero-order valence-electron chi connectivity index (χ0n) is 11.5. The topological polar surface area (TPSA) is 57.4 Å². The summed E-state index contributed by atoms with van der Waals surface area (Å²) >= 11 is 0. The van der Waals surface area contributed by atoms with Crippen LogP contribution in [-0.4, -0.2) is 17.3 Å². The van der Waals surface area contributed by atoms with Crippen molar-refractivity contribution in [3.8, 4) is 23.0 Å². The van der Waals surface area contributed by atoms with Gasteiger partial charge >= 0.3 is 0 Å². The van der Waals surface area contributed by atoms with E-state index in [2.05, 4.69) is 10.2 Å². The number of aromatic nitrogens is 2. The van der Waals surface area contributed by atoms with E-state index >= 15 is 0 Å². The van der Waals surface area contributed by atoms with E-state index in [1.807, 2.05) is 48.5 Å². The molecule has 1 aromatic heterocycles. The quantitative estimate of drug-likeness (QED) is 0.718. The Bertz CT molecular complexity index is 711. The van der Waals surface area contributed by atoms with Gasteiger partial charge in [-0.3, -0.25) is 0 Å². The van der Waals surface area contributed by atoms with E-state index in [0.717, 1.165) is 16.9 Å². The molecule has 5 heteroatoms. The lowest BCUT2D eigenvalue weighted by atomic mass is 10.2. The number of hydrogen-bond acceptors (Lipinski definition) is 5. The summed E-state index contributed by atoms with van der Waals surface area (Å²) in [6.07, 6.45) is 1.30. The second-order valence-corrected chi connectivity index (χ2v) is 4.38. The summed E-state index contributed by atoms with van der Waals surface area (Å²) in [6.45, 7) is 0.433. The molecule has 0 fully saturated rings. The maximum atomic E-state index is 5.86. The van der Waals surface area contributed by atoms with Gasteiger partial charge in [-0.1, -0.05) is 24.3 Å². The normalized spacial score (nSPS) is 10.3. The van der Waals surface area contributed by atoms with Gasteiger partial charge in [-0.2, -0.15) is 0 Å². The smallest absolute Gasteiger partial charge is 0.251 e. The predicted octanol–water partition coefficient (Wildman–Crippen LogP) is 3.32. The summed E-state index contributed by atoms with van der Waals surface area (Å²) in [5.74, 6) is 1.95. The molecule has 0 unspecified atom stereocenters. The van der Waals surface area contributed by atoms with E-state index in [1.54, 1.807) is 7.11 Å². The molecule has 3 aromatic rings. The maximum Gasteiger partial charge on any atom is 0.251 e. The number of para-hydroxylation sites is 1. The molecule has 3 rings (SSSR count). The number of rotatable bonds is 5. The highest BCUT2D eigenvalue weighted by Crippen LogP contribution is 2.28. The summed E-state index contributed by atoms with van der Waals surface area (Å²) in [6, 6.07) is 15.3. The molecule has 21 heavy (non-hydrogen) atoms. The van der Waals surface area contributed by atoms with E-state index in [1.165, 1.54) is 6.39 Å². The van der Waals surface area contributed by atoms with Gasteiger partial charge in [-0.25, -0.2) is 0 Å². The molecule has 0 spiro atoms. The van der Waals surface area contributed by atoms with Gasteiger partial charge in [0, 0.05) is 0 Å². The summed E-state index contributed by atoms with van der Waals surface area (Å²) in [7, 11) is 1.64. The van der Waals surface area contributed by atoms with Crippen LogP contribution < -0.4 is 9.47 Å². The summed E-state index contributed by atoms with van der Waals surface area (Å²) in [5.41, 5.74) is 1.80. The number of benzene rings is 2. The molecule has 0 radical (unpaired) electrons. The lowest BCUT2D eigenvalue weighted by Gasteiger charge is -2.10. The van der Waals surface area contributed by atoms with Gasteiger partial charge in [0.1, 0.15) is 18.1 Å². The first-order valence-corrected chi connectivity index (χ1v) is 6.48. The monoisotopic (exact) mass is 282 g/mol. The van der Waals surface area contributed by atoms with E-state index < -0.39 is 0 Å². The highest BCUT2D eigenvalue weighted by molar-refractivity contribution is 5.62. The summed E-state index contributed by atoms with van der Waals surface area (Å²) in [4.78, 5) is 0. The van der Waals surface area contributed by atoms with Crippen LogP contribution in [0.4, 0.5) is 0 Å². The van der Waals surface area contributed by atoms with Crippen molar-refractivity contribution in [1.82, 2.24) is 10.2 Å². The first-order chi connectivity index (χ1) is 10.4. The number of hydrogen-bond donors (Lipinski definition) is 0. The average Bonchev–Trinajstić information content (AvgIpc) is 3.08. The van der Waals surface area contributed by atoms with Crippen LogP contribution in [0.2, 0.25) is 0 Å². The van der Waals surface area contributed by atoms with Crippen molar-refractivity contribution in [1.29, 1.82) is 0 Å². The van der Waals surface area contributed by atoms with Crippen molar-refractivity contribution >= 4 is 0 Å². The minimum absolute atomic E-state index is 0.433. The van der Waals surface area contributed by atoms with Crippen LogP contribution in [0.3, 0.4) is 0 Å². The van der Waals surface area contributed by atoms with Gasteiger partial charge in [0.25, 0.3) is 5.89 Å². The van der Waals surface area contributed by atoms with Gasteiger partial charge in [0.15, 0.2) is 0 Å². The molecule has 0 bridgehead atoms. The standard InChI is InChI=1S/C16H14N2O3/c1-19-13-6-4-5-12(9-13)10-20-15-8-3-2-7-14(15)16-18-17-11-21-16/h2-9,11H,10H2,1H3.